The lowest BCUT2D eigenvalue weighted by Gasteiger charge is -2.09. The number of hydrogen-bond acceptors (Lipinski definition) is 3. The van der Waals surface area contributed by atoms with E-state index in [4.69, 9.17) is 5.11 Å². The van der Waals surface area contributed by atoms with E-state index in [9.17, 15) is 10.2 Å². The first-order valence-electron chi connectivity index (χ1n) is 3.41. The van der Waals surface area contributed by atoms with Gasteiger partial charge in [-0.1, -0.05) is 15.9 Å². The third-order valence-electron chi connectivity index (χ3n) is 1.52. The number of aliphatic hydroxyl groups excluding tert-OH is 1. The van der Waals surface area contributed by atoms with Gasteiger partial charge < -0.3 is 15.3 Å². The van der Waals surface area contributed by atoms with Crippen molar-refractivity contribution in [3.63, 3.8) is 0 Å². The average molecular weight is 233 g/mol. The Hall–Kier alpha value is -0.740. The minimum Gasteiger partial charge on any atom is -0.508 e. The van der Waals surface area contributed by atoms with Crippen molar-refractivity contribution in [3.05, 3.63) is 23.8 Å². The van der Waals surface area contributed by atoms with Gasteiger partial charge in [-0.25, -0.2) is 0 Å². The fourth-order valence-corrected chi connectivity index (χ4v) is 1.24. The third kappa shape index (κ3) is 1.89. The van der Waals surface area contributed by atoms with E-state index in [0.29, 0.717) is 10.9 Å². The second kappa shape index (κ2) is 3.78. The summed E-state index contributed by atoms with van der Waals surface area (Å²) in [6.45, 7) is 0. The summed E-state index contributed by atoms with van der Waals surface area (Å²) in [7, 11) is 0. The molecule has 1 atom stereocenters. The van der Waals surface area contributed by atoms with E-state index in [0.717, 1.165) is 0 Å². The molecule has 0 aliphatic heterocycles. The Balaban J connectivity index is 3.04. The summed E-state index contributed by atoms with van der Waals surface area (Å²) >= 11 is 3.07. The van der Waals surface area contributed by atoms with Gasteiger partial charge in [0.1, 0.15) is 11.5 Å². The molecule has 0 spiro atoms. The van der Waals surface area contributed by atoms with Crippen LogP contribution in [-0.4, -0.2) is 20.6 Å². The number of hydrogen-bond donors (Lipinski definition) is 3. The molecule has 0 amide bonds. The summed E-state index contributed by atoms with van der Waals surface area (Å²) in [6, 6.07) is 4.04. The predicted octanol–water partition coefficient (Wildman–Crippen LogP) is 1.53. The highest BCUT2D eigenvalue weighted by atomic mass is 79.9. The van der Waals surface area contributed by atoms with E-state index in [-0.39, 0.29) is 11.5 Å². The second-order valence-electron chi connectivity index (χ2n) is 2.41. The Morgan fingerprint density at radius 3 is 2.58 bits per heavy atom. The van der Waals surface area contributed by atoms with Gasteiger partial charge in [0, 0.05) is 10.9 Å². The molecule has 0 heterocycles. The van der Waals surface area contributed by atoms with Crippen molar-refractivity contribution in [2.45, 2.75) is 6.10 Å². The smallest absolute Gasteiger partial charge is 0.121 e. The average Bonchev–Trinajstić information content (AvgIpc) is 2.08. The quantitative estimate of drug-likeness (QED) is 0.536. The van der Waals surface area contributed by atoms with Crippen molar-refractivity contribution >= 4 is 15.9 Å². The van der Waals surface area contributed by atoms with Gasteiger partial charge in [0.25, 0.3) is 0 Å². The number of phenols is 2. The number of halogens is 1. The van der Waals surface area contributed by atoms with Crippen molar-refractivity contribution in [1.29, 1.82) is 0 Å². The van der Waals surface area contributed by atoms with Crippen molar-refractivity contribution in [2.24, 2.45) is 0 Å². The highest BCUT2D eigenvalue weighted by Gasteiger charge is 2.10. The first kappa shape index (κ1) is 9.35. The molecule has 0 aromatic heterocycles. The molecule has 0 aliphatic rings. The summed E-state index contributed by atoms with van der Waals surface area (Å²) in [6.07, 6.45) is -0.794. The van der Waals surface area contributed by atoms with Crippen LogP contribution in [0.15, 0.2) is 18.2 Å². The molecule has 1 aromatic rings. The minimum absolute atomic E-state index is 0.0141. The molecule has 0 aliphatic carbocycles. The lowest BCUT2D eigenvalue weighted by atomic mass is 10.1. The molecule has 66 valence electrons. The second-order valence-corrected chi connectivity index (χ2v) is 3.06. The molecule has 0 saturated heterocycles. The molecule has 0 bridgehead atoms. The Bertz CT molecular complexity index is 275. The Kier molecular flexibility index (Phi) is 2.94. The van der Waals surface area contributed by atoms with Gasteiger partial charge in [-0.05, 0) is 18.2 Å². The van der Waals surface area contributed by atoms with Gasteiger partial charge in [-0.15, -0.1) is 0 Å². The maximum absolute atomic E-state index is 9.32. The molecule has 0 saturated carbocycles. The van der Waals surface area contributed by atoms with Gasteiger partial charge in [-0.2, -0.15) is 0 Å². The first-order valence-corrected chi connectivity index (χ1v) is 4.53. The summed E-state index contributed by atoms with van der Waals surface area (Å²) in [5, 5.41) is 27.9. The Morgan fingerprint density at radius 2 is 2.00 bits per heavy atom. The van der Waals surface area contributed by atoms with Crippen LogP contribution < -0.4 is 0 Å². The Labute approximate surface area is 78.4 Å². The molecule has 1 aromatic carbocycles. The standard InChI is InChI=1S/C8H9BrO3/c9-4-8(12)6-3-5(10)1-2-7(6)11/h1-3,8,10-12H,4H2. The third-order valence-corrected chi connectivity index (χ3v) is 2.13. The topological polar surface area (TPSA) is 60.7 Å². The van der Waals surface area contributed by atoms with Crippen LogP contribution in [0.5, 0.6) is 11.5 Å². The first-order chi connectivity index (χ1) is 5.65. The van der Waals surface area contributed by atoms with Gasteiger partial charge >= 0.3 is 0 Å². The predicted molar refractivity (Wildman–Crippen MR) is 48.5 cm³/mol. The number of benzene rings is 1. The van der Waals surface area contributed by atoms with E-state index in [1.165, 1.54) is 18.2 Å². The van der Waals surface area contributed by atoms with Crippen molar-refractivity contribution in [1.82, 2.24) is 0 Å². The fraction of sp³-hybridized carbons (Fsp3) is 0.250. The van der Waals surface area contributed by atoms with Crippen LogP contribution in [0.1, 0.15) is 11.7 Å². The van der Waals surface area contributed by atoms with Crippen LogP contribution in [0.25, 0.3) is 0 Å². The van der Waals surface area contributed by atoms with E-state index < -0.39 is 6.10 Å². The lowest BCUT2D eigenvalue weighted by molar-refractivity contribution is 0.200. The molecule has 12 heavy (non-hydrogen) atoms. The van der Waals surface area contributed by atoms with Crippen LogP contribution >= 0.6 is 15.9 Å². The van der Waals surface area contributed by atoms with Crippen LogP contribution in [-0.2, 0) is 0 Å². The van der Waals surface area contributed by atoms with Crippen LogP contribution in [0, 0.1) is 0 Å². The number of aliphatic hydroxyl groups is 1. The van der Waals surface area contributed by atoms with Crippen molar-refractivity contribution < 1.29 is 15.3 Å². The largest absolute Gasteiger partial charge is 0.508 e. The number of rotatable bonds is 2. The molecule has 1 unspecified atom stereocenters. The molecule has 0 fully saturated rings. The minimum atomic E-state index is -0.794. The SMILES string of the molecule is Oc1ccc(O)c(C(O)CBr)c1. The lowest BCUT2D eigenvalue weighted by Crippen LogP contribution is -1.98. The summed E-state index contributed by atoms with van der Waals surface area (Å²) in [5.41, 5.74) is 0.326. The maximum Gasteiger partial charge on any atom is 0.121 e. The van der Waals surface area contributed by atoms with Gasteiger partial charge in [0.15, 0.2) is 0 Å². The van der Waals surface area contributed by atoms with Gasteiger partial charge in [-0.3, -0.25) is 0 Å². The Morgan fingerprint density at radius 1 is 1.33 bits per heavy atom. The number of phenolic OH excluding ortho intramolecular Hbond substituents is 2. The number of aromatic hydroxyl groups is 2. The normalized spacial score (nSPS) is 12.8. The zero-order chi connectivity index (χ0) is 9.14. The van der Waals surface area contributed by atoms with Crippen molar-refractivity contribution in [2.75, 3.05) is 5.33 Å². The van der Waals surface area contributed by atoms with E-state index in [1.54, 1.807) is 0 Å². The molecule has 1 rings (SSSR count). The molecule has 0 radical (unpaired) electrons. The van der Waals surface area contributed by atoms with E-state index in [2.05, 4.69) is 15.9 Å². The molecule has 3 N–H and O–H groups in total. The van der Waals surface area contributed by atoms with E-state index in [1.807, 2.05) is 0 Å². The number of alkyl halides is 1. The zero-order valence-electron chi connectivity index (χ0n) is 6.24. The molecular weight excluding hydrogens is 224 g/mol. The van der Waals surface area contributed by atoms with Crippen LogP contribution in [0.4, 0.5) is 0 Å². The molecule has 4 heteroatoms. The highest BCUT2D eigenvalue weighted by Crippen LogP contribution is 2.28. The highest BCUT2D eigenvalue weighted by molar-refractivity contribution is 9.09. The van der Waals surface area contributed by atoms with Gasteiger partial charge in [0.2, 0.25) is 0 Å². The van der Waals surface area contributed by atoms with Crippen molar-refractivity contribution in [3.8, 4) is 11.5 Å². The maximum atomic E-state index is 9.32. The van der Waals surface area contributed by atoms with Crippen LogP contribution in [0.3, 0.4) is 0 Å². The van der Waals surface area contributed by atoms with E-state index >= 15 is 0 Å². The summed E-state index contributed by atoms with van der Waals surface area (Å²) in [5.74, 6) is 0.0163. The summed E-state index contributed by atoms with van der Waals surface area (Å²) in [4.78, 5) is 0. The summed E-state index contributed by atoms with van der Waals surface area (Å²) < 4.78 is 0. The zero-order valence-corrected chi connectivity index (χ0v) is 7.82. The van der Waals surface area contributed by atoms with Gasteiger partial charge in [0.05, 0.1) is 6.10 Å². The molecular formula is C8H9BrO3. The fourth-order valence-electron chi connectivity index (χ4n) is 0.892. The monoisotopic (exact) mass is 232 g/mol. The molecule has 3 nitrogen and oxygen atoms in total. The van der Waals surface area contributed by atoms with Crippen LogP contribution in [0.2, 0.25) is 0 Å².